The summed E-state index contributed by atoms with van der Waals surface area (Å²) in [5.41, 5.74) is 6.34. The average Bonchev–Trinajstić information content (AvgIpc) is 2.58. The molecule has 1 aromatic carbocycles. The third kappa shape index (κ3) is 1.49. The molecule has 14 heavy (non-hydrogen) atoms. The first kappa shape index (κ1) is 8.49. The van der Waals surface area contributed by atoms with E-state index in [1.807, 2.05) is 12.1 Å². The smallest absolute Gasteiger partial charge is 0.258 e. The predicted octanol–water partition coefficient (Wildman–Crippen LogP) is -0.655. The van der Waals surface area contributed by atoms with E-state index in [2.05, 4.69) is 10.3 Å². The standard InChI is InChI=1S/C8H8N4O2/c9-8(13)5-14-12-7-4-2-1-3-6(7)10-11-12/h1-4H,5H2,(H2,9,13). The third-order valence-corrected chi connectivity index (χ3v) is 1.65. The minimum absolute atomic E-state index is 0.215. The molecule has 0 aliphatic heterocycles. The van der Waals surface area contributed by atoms with Crippen LogP contribution in [0.4, 0.5) is 0 Å². The molecule has 0 atom stereocenters. The Labute approximate surface area is 79.2 Å². The Balaban J connectivity index is 2.29. The number of nitrogens with two attached hydrogens (primary N) is 1. The van der Waals surface area contributed by atoms with E-state index in [0.29, 0.717) is 11.0 Å². The zero-order valence-electron chi connectivity index (χ0n) is 7.25. The summed E-state index contributed by atoms with van der Waals surface area (Å²) in [4.78, 5) is 16.6. The summed E-state index contributed by atoms with van der Waals surface area (Å²) in [5.74, 6) is -0.551. The minimum atomic E-state index is -0.551. The van der Waals surface area contributed by atoms with E-state index < -0.39 is 5.91 Å². The molecule has 0 saturated heterocycles. The molecule has 2 rings (SSSR count). The van der Waals surface area contributed by atoms with Crippen molar-refractivity contribution < 1.29 is 9.63 Å². The minimum Gasteiger partial charge on any atom is -0.385 e. The zero-order valence-corrected chi connectivity index (χ0v) is 7.25. The highest BCUT2D eigenvalue weighted by molar-refractivity contribution is 5.75. The van der Waals surface area contributed by atoms with Crippen LogP contribution in [0.5, 0.6) is 0 Å². The van der Waals surface area contributed by atoms with E-state index in [4.69, 9.17) is 10.6 Å². The maximum absolute atomic E-state index is 10.5. The molecule has 1 heterocycles. The molecule has 0 aliphatic rings. The van der Waals surface area contributed by atoms with Crippen molar-refractivity contribution in [2.24, 2.45) is 5.73 Å². The largest absolute Gasteiger partial charge is 0.385 e. The highest BCUT2D eigenvalue weighted by atomic mass is 16.7. The normalized spacial score (nSPS) is 10.3. The lowest BCUT2D eigenvalue weighted by Gasteiger charge is -2.01. The van der Waals surface area contributed by atoms with E-state index in [1.165, 1.54) is 4.85 Å². The summed E-state index contributed by atoms with van der Waals surface area (Å²) >= 11 is 0. The molecule has 6 nitrogen and oxygen atoms in total. The Hall–Kier alpha value is -2.11. The Kier molecular flexibility index (Phi) is 2.02. The van der Waals surface area contributed by atoms with Crippen LogP contribution >= 0.6 is 0 Å². The second-order valence-electron chi connectivity index (χ2n) is 2.69. The number of primary amides is 1. The molecular weight excluding hydrogens is 184 g/mol. The topological polar surface area (TPSA) is 83.0 Å². The number of fused-ring (bicyclic) bond motifs is 1. The lowest BCUT2D eigenvalue weighted by atomic mass is 10.3. The Morgan fingerprint density at radius 3 is 3.07 bits per heavy atom. The lowest BCUT2D eigenvalue weighted by Crippen LogP contribution is -2.26. The van der Waals surface area contributed by atoms with Crippen LogP contribution in [0.15, 0.2) is 24.3 Å². The molecule has 0 spiro atoms. The number of rotatable bonds is 3. The molecule has 0 fully saturated rings. The molecule has 0 aliphatic carbocycles. The number of hydrogen-bond donors (Lipinski definition) is 1. The molecule has 6 heteroatoms. The van der Waals surface area contributed by atoms with Gasteiger partial charge in [0.2, 0.25) is 0 Å². The Bertz CT molecular complexity index is 465. The first-order chi connectivity index (χ1) is 6.77. The summed E-state index contributed by atoms with van der Waals surface area (Å²) in [7, 11) is 0. The van der Waals surface area contributed by atoms with Crippen LogP contribution in [-0.2, 0) is 4.79 Å². The number of hydrogen-bond acceptors (Lipinski definition) is 4. The SMILES string of the molecule is NC(=O)COn1nnc2ccccc21. The number of para-hydroxylation sites is 1. The molecule has 2 aromatic rings. The molecule has 1 amide bonds. The number of aromatic nitrogens is 3. The Morgan fingerprint density at radius 1 is 1.50 bits per heavy atom. The summed E-state index contributed by atoms with van der Waals surface area (Å²) in [6, 6.07) is 7.26. The summed E-state index contributed by atoms with van der Waals surface area (Å²) in [5, 5.41) is 7.54. The van der Waals surface area contributed by atoms with Gasteiger partial charge in [-0.1, -0.05) is 17.0 Å². The lowest BCUT2D eigenvalue weighted by molar-refractivity contribution is -0.123. The number of carbonyl (C=O) groups is 1. The second-order valence-corrected chi connectivity index (χ2v) is 2.69. The van der Waals surface area contributed by atoms with Crippen LogP contribution in [-0.4, -0.2) is 27.7 Å². The van der Waals surface area contributed by atoms with Crippen molar-refractivity contribution in [2.45, 2.75) is 0 Å². The zero-order chi connectivity index (χ0) is 9.97. The summed E-state index contributed by atoms with van der Waals surface area (Å²) < 4.78 is 0. The van der Waals surface area contributed by atoms with Crippen molar-refractivity contribution in [1.29, 1.82) is 0 Å². The van der Waals surface area contributed by atoms with Crippen LogP contribution < -0.4 is 10.6 Å². The van der Waals surface area contributed by atoms with Crippen molar-refractivity contribution in [3.63, 3.8) is 0 Å². The number of carbonyl (C=O) groups excluding carboxylic acids is 1. The van der Waals surface area contributed by atoms with E-state index in [-0.39, 0.29) is 6.61 Å². The van der Waals surface area contributed by atoms with Gasteiger partial charge in [0.05, 0.1) is 0 Å². The summed E-state index contributed by atoms with van der Waals surface area (Å²) in [6.07, 6.45) is 0. The van der Waals surface area contributed by atoms with Crippen molar-refractivity contribution in [2.75, 3.05) is 6.61 Å². The fraction of sp³-hybridized carbons (Fsp3) is 0.125. The molecular formula is C8H8N4O2. The highest BCUT2D eigenvalue weighted by Gasteiger charge is 2.04. The van der Waals surface area contributed by atoms with Crippen molar-refractivity contribution in [3.05, 3.63) is 24.3 Å². The van der Waals surface area contributed by atoms with Gasteiger partial charge >= 0.3 is 0 Å². The van der Waals surface area contributed by atoms with E-state index in [1.54, 1.807) is 12.1 Å². The third-order valence-electron chi connectivity index (χ3n) is 1.65. The van der Waals surface area contributed by atoms with Crippen LogP contribution in [0.3, 0.4) is 0 Å². The van der Waals surface area contributed by atoms with Gasteiger partial charge in [-0.2, -0.15) is 0 Å². The van der Waals surface area contributed by atoms with Crippen LogP contribution in [0, 0.1) is 0 Å². The molecule has 0 bridgehead atoms. The Morgan fingerprint density at radius 2 is 2.29 bits per heavy atom. The van der Waals surface area contributed by atoms with Crippen molar-refractivity contribution >= 4 is 16.9 Å². The van der Waals surface area contributed by atoms with E-state index in [0.717, 1.165) is 0 Å². The quantitative estimate of drug-likeness (QED) is 0.700. The van der Waals surface area contributed by atoms with Gasteiger partial charge in [0.1, 0.15) is 11.0 Å². The number of amides is 1. The second kappa shape index (κ2) is 3.33. The first-order valence-corrected chi connectivity index (χ1v) is 3.99. The van der Waals surface area contributed by atoms with Crippen LogP contribution in [0.1, 0.15) is 0 Å². The van der Waals surface area contributed by atoms with Gasteiger partial charge in [0.15, 0.2) is 6.61 Å². The van der Waals surface area contributed by atoms with Gasteiger partial charge in [0.25, 0.3) is 5.91 Å². The van der Waals surface area contributed by atoms with E-state index >= 15 is 0 Å². The maximum Gasteiger partial charge on any atom is 0.258 e. The maximum atomic E-state index is 10.5. The van der Waals surface area contributed by atoms with Crippen molar-refractivity contribution in [1.82, 2.24) is 15.2 Å². The predicted molar refractivity (Wildman–Crippen MR) is 48.2 cm³/mol. The van der Waals surface area contributed by atoms with Gasteiger partial charge in [-0.15, -0.1) is 5.10 Å². The summed E-state index contributed by atoms with van der Waals surface area (Å²) in [6.45, 7) is -0.215. The molecule has 0 radical (unpaired) electrons. The number of nitrogens with zero attached hydrogens (tertiary/aromatic N) is 3. The average molecular weight is 192 g/mol. The van der Waals surface area contributed by atoms with Crippen LogP contribution in [0.25, 0.3) is 11.0 Å². The fourth-order valence-corrected chi connectivity index (χ4v) is 1.07. The first-order valence-electron chi connectivity index (χ1n) is 3.99. The van der Waals surface area contributed by atoms with Gasteiger partial charge in [0, 0.05) is 0 Å². The van der Waals surface area contributed by atoms with Crippen molar-refractivity contribution in [3.8, 4) is 0 Å². The van der Waals surface area contributed by atoms with Gasteiger partial charge in [-0.3, -0.25) is 4.79 Å². The monoisotopic (exact) mass is 192 g/mol. The molecule has 2 N–H and O–H groups in total. The molecule has 1 aromatic heterocycles. The van der Waals surface area contributed by atoms with E-state index in [9.17, 15) is 4.79 Å². The van der Waals surface area contributed by atoms with Gasteiger partial charge in [-0.05, 0) is 17.3 Å². The van der Waals surface area contributed by atoms with Crippen LogP contribution in [0.2, 0.25) is 0 Å². The number of benzene rings is 1. The molecule has 0 unspecified atom stereocenters. The molecule has 0 saturated carbocycles. The fourth-order valence-electron chi connectivity index (χ4n) is 1.07. The molecule has 72 valence electrons. The highest BCUT2D eigenvalue weighted by Crippen LogP contribution is 2.07. The van der Waals surface area contributed by atoms with Gasteiger partial charge < -0.3 is 10.6 Å². The van der Waals surface area contributed by atoms with Gasteiger partial charge in [-0.25, -0.2) is 0 Å².